The van der Waals surface area contributed by atoms with Gasteiger partial charge in [0.1, 0.15) is 29.5 Å². The predicted molar refractivity (Wildman–Crippen MR) is 115 cm³/mol. The first-order valence-corrected chi connectivity index (χ1v) is 10.7. The van der Waals surface area contributed by atoms with Crippen LogP contribution in [0.3, 0.4) is 0 Å². The van der Waals surface area contributed by atoms with Crippen molar-refractivity contribution >= 4 is 11.0 Å². The number of rotatable bonds is 9. The van der Waals surface area contributed by atoms with Crippen molar-refractivity contribution in [3.05, 3.63) is 53.6 Å². The van der Waals surface area contributed by atoms with Crippen LogP contribution in [0.25, 0.3) is 11.0 Å². The molecule has 160 valence electrons. The molecule has 1 fully saturated rings. The first-order chi connectivity index (χ1) is 14.7. The fourth-order valence-corrected chi connectivity index (χ4v) is 4.04. The van der Waals surface area contributed by atoms with Crippen LogP contribution in [0.5, 0.6) is 5.75 Å². The third-order valence-electron chi connectivity index (χ3n) is 5.53. The van der Waals surface area contributed by atoms with Gasteiger partial charge in [0.2, 0.25) is 0 Å². The number of aromatic nitrogens is 2. The summed E-state index contributed by atoms with van der Waals surface area (Å²) in [5.41, 5.74) is 3.79. The summed E-state index contributed by atoms with van der Waals surface area (Å²) < 4.78 is 10.8. The van der Waals surface area contributed by atoms with Gasteiger partial charge in [-0.05, 0) is 67.1 Å². The van der Waals surface area contributed by atoms with Gasteiger partial charge in [-0.3, -0.25) is 4.90 Å². The highest BCUT2D eigenvalue weighted by atomic mass is 16.6. The van der Waals surface area contributed by atoms with Crippen molar-refractivity contribution in [2.45, 2.75) is 38.5 Å². The summed E-state index contributed by atoms with van der Waals surface area (Å²) in [5.74, 6) is 0.832. The SMILES string of the molecule is CN(Cc1ccc2nonc2c1)Cc1ccccc1OCC(O)CN1CCCCC1. The van der Waals surface area contributed by atoms with Gasteiger partial charge in [-0.15, -0.1) is 0 Å². The van der Waals surface area contributed by atoms with Gasteiger partial charge >= 0.3 is 0 Å². The molecule has 0 radical (unpaired) electrons. The fraction of sp³-hybridized carbons (Fsp3) is 0.478. The van der Waals surface area contributed by atoms with Crippen molar-refractivity contribution < 1.29 is 14.5 Å². The molecule has 3 aromatic rings. The summed E-state index contributed by atoms with van der Waals surface area (Å²) in [7, 11) is 2.08. The standard InChI is InChI=1S/C23H30N4O3/c1-26(14-18-9-10-21-22(13-18)25-30-24-21)15-19-7-3-4-8-23(19)29-17-20(28)16-27-11-5-2-6-12-27/h3-4,7-10,13,20,28H,2,5-6,11-12,14-17H2,1H3. The minimum absolute atomic E-state index is 0.313. The first-order valence-electron chi connectivity index (χ1n) is 10.7. The normalized spacial score (nSPS) is 16.2. The number of hydrogen-bond acceptors (Lipinski definition) is 7. The summed E-state index contributed by atoms with van der Waals surface area (Å²) in [4.78, 5) is 4.56. The van der Waals surface area contributed by atoms with Gasteiger partial charge in [0.25, 0.3) is 0 Å². The minimum Gasteiger partial charge on any atom is -0.491 e. The molecule has 7 heteroatoms. The highest BCUT2D eigenvalue weighted by Gasteiger charge is 2.16. The van der Waals surface area contributed by atoms with E-state index in [-0.39, 0.29) is 0 Å². The summed E-state index contributed by atoms with van der Waals surface area (Å²) >= 11 is 0. The summed E-state index contributed by atoms with van der Waals surface area (Å²) in [6, 6.07) is 14.0. The highest BCUT2D eigenvalue weighted by molar-refractivity contribution is 5.73. The van der Waals surface area contributed by atoms with Gasteiger partial charge in [0, 0.05) is 25.2 Å². The molecular formula is C23H30N4O3. The average molecular weight is 411 g/mol. The zero-order valence-electron chi connectivity index (χ0n) is 17.5. The molecular weight excluding hydrogens is 380 g/mol. The number of piperidine rings is 1. The van der Waals surface area contributed by atoms with Crippen molar-refractivity contribution in [1.82, 2.24) is 20.1 Å². The lowest BCUT2D eigenvalue weighted by Crippen LogP contribution is -2.38. The molecule has 2 aromatic carbocycles. The number of fused-ring (bicyclic) bond motifs is 1. The number of para-hydroxylation sites is 1. The van der Waals surface area contributed by atoms with E-state index in [1.165, 1.54) is 19.3 Å². The van der Waals surface area contributed by atoms with E-state index < -0.39 is 6.10 Å². The van der Waals surface area contributed by atoms with Gasteiger partial charge in [-0.25, -0.2) is 4.63 Å². The molecule has 7 nitrogen and oxygen atoms in total. The molecule has 0 saturated carbocycles. The summed E-state index contributed by atoms with van der Waals surface area (Å²) in [5, 5.41) is 18.2. The molecule has 1 atom stereocenters. The van der Waals surface area contributed by atoms with Crippen LogP contribution in [0.4, 0.5) is 0 Å². The topological polar surface area (TPSA) is 74.9 Å². The van der Waals surface area contributed by atoms with Crippen molar-refractivity contribution in [2.75, 3.05) is 33.3 Å². The largest absolute Gasteiger partial charge is 0.491 e. The zero-order valence-corrected chi connectivity index (χ0v) is 17.5. The molecule has 0 amide bonds. The maximum absolute atomic E-state index is 10.4. The van der Waals surface area contributed by atoms with Gasteiger partial charge in [0.05, 0.1) is 0 Å². The van der Waals surface area contributed by atoms with Crippen LogP contribution in [0.15, 0.2) is 47.1 Å². The molecule has 1 aliphatic rings. The second-order valence-electron chi connectivity index (χ2n) is 8.19. The van der Waals surface area contributed by atoms with E-state index in [0.717, 1.165) is 54.1 Å². The summed E-state index contributed by atoms with van der Waals surface area (Å²) in [6.45, 7) is 4.67. The van der Waals surface area contributed by atoms with Crippen molar-refractivity contribution in [1.29, 1.82) is 0 Å². The molecule has 1 aromatic heterocycles. The Kier molecular flexibility index (Phi) is 6.94. The number of aliphatic hydroxyl groups excluding tert-OH is 1. The lowest BCUT2D eigenvalue weighted by molar-refractivity contribution is 0.0612. The number of hydrogen-bond donors (Lipinski definition) is 1. The van der Waals surface area contributed by atoms with E-state index in [2.05, 4.69) is 33.2 Å². The molecule has 1 aliphatic heterocycles. The second-order valence-corrected chi connectivity index (χ2v) is 8.19. The van der Waals surface area contributed by atoms with Crippen LogP contribution in [0.2, 0.25) is 0 Å². The van der Waals surface area contributed by atoms with Crippen molar-refractivity contribution in [2.24, 2.45) is 0 Å². The minimum atomic E-state index is -0.475. The Bertz CT molecular complexity index is 939. The predicted octanol–water partition coefficient (Wildman–Crippen LogP) is 3.08. The van der Waals surface area contributed by atoms with Crippen LogP contribution in [-0.2, 0) is 13.1 Å². The third-order valence-corrected chi connectivity index (χ3v) is 5.53. The Balaban J connectivity index is 1.31. The molecule has 1 unspecified atom stereocenters. The zero-order chi connectivity index (χ0) is 20.8. The van der Waals surface area contributed by atoms with E-state index in [1.807, 2.05) is 36.4 Å². The number of benzene rings is 2. The molecule has 0 spiro atoms. The van der Waals surface area contributed by atoms with Crippen LogP contribution >= 0.6 is 0 Å². The summed E-state index contributed by atoms with van der Waals surface area (Å²) in [6.07, 6.45) is 3.27. The smallest absolute Gasteiger partial charge is 0.135 e. The quantitative estimate of drug-likeness (QED) is 0.581. The van der Waals surface area contributed by atoms with Gasteiger partial charge < -0.3 is 14.7 Å². The van der Waals surface area contributed by atoms with E-state index >= 15 is 0 Å². The second kappa shape index (κ2) is 10.0. The van der Waals surface area contributed by atoms with Gasteiger partial charge in [0.15, 0.2) is 0 Å². The molecule has 30 heavy (non-hydrogen) atoms. The monoisotopic (exact) mass is 410 g/mol. The average Bonchev–Trinajstić information content (AvgIpc) is 3.22. The van der Waals surface area contributed by atoms with Crippen LogP contribution in [0.1, 0.15) is 30.4 Å². The third kappa shape index (κ3) is 5.56. The number of nitrogens with zero attached hydrogens (tertiary/aromatic N) is 4. The maximum atomic E-state index is 10.4. The molecule has 2 heterocycles. The maximum Gasteiger partial charge on any atom is 0.135 e. The lowest BCUT2D eigenvalue weighted by Gasteiger charge is -2.28. The molecule has 0 bridgehead atoms. The molecule has 4 rings (SSSR count). The van der Waals surface area contributed by atoms with Gasteiger partial charge in [-0.2, -0.15) is 0 Å². The van der Waals surface area contributed by atoms with Crippen LogP contribution in [0, 0.1) is 0 Å². The van der Waals surface area contributed by atoms with E-state index in [0.29, 0.717) is 13.2 Å². The Morgan fingerprint density at radius 1 is 1.07 bits per heavy atom. The molecule has 1 saturated heterocycles. The van der Waals surface area contributed by atoms with E-state index in [4.69, 9.17) is 9.37 Å². The Labute approximate surface area is 177 Å². The van der Waals surface area contributed by atoms with E-state index in [1.54, 1.807) is 0 Å². The fourth-order valence-electron chi connectivity index (χ4n) is 4.04. The van der Waals surface area contributed by atoms with E-state index in [9.17, 15) is 5.11 Å². The number of likely N-dealkylation sites (tertiary alicyclic amines) is 1. The van der Waals surface area contributed by atoms with Crippen LogP contribution < -0.4 is 4.74 Å². The van der Waals surface area contributed by atoms with Crippen molar-refractivity contribution in [3.63, 3.8) is 0 Å². The number of aliphatic hydroxyl groups is 1. The van der Waals surface area contributed by atoms with Crippen LogP contribution in [-0.4, -0.2) is 64.6 Å². The Hall–Kier alpha value is -2.48. The molecule has 0 aliphatic carbocycles. The van der Waals surface area contributed by atoms with Crippen molar-refractivity contribution in [3.8, 4) is 5.75 Å². The number of β-amino-alcohol motifs (C(OH)–C–C–N with tert-alkyl or cyclic N) is 1. The lowest BCUT2D eigenvalue weighted by atomic mass is 10.1. The number of ether oxygens (including phenoxy) is 1. The first kappa shape index (κ1) is 20.8. The van der Waals surface area contributed by atoms with Gasteiger partial charge in [-0.1, -0.05) is 30.7 Å². The Morgan fingerprint density at radius 2 is 1.87 bits per heavy atom. The molecule has 1 N–H and O–H groups in total. The highest BCUT2D eigenvalue weighted by Crippen LogP contribution is 2.21. The Morgan fingerprint density at radius 3 is 2.73 bits per heavy atom.